The third-order valence-electron chi connectivity index (χ3n) is 5.77. The number of urea groups is 1. The summed E-state index contributed by atoms with van der Waals surface area (Å²) >= 11 is 0. The Bertz CT molecular complexity index is 1130. The van der Waals surface area contributed by atoms with Gasteiger partial charge < -0.3 is 9.73 Å². The zero-order chi connectivity index (χ0) is 20.7. The van der Waals surface area contributed by atoms with E-state index in [-0.39, 0.29) is 11.8 Å². The van der Waals surface area contributed by atoms with Crippen molar-refractivity contribution >= 4 is 33.9 Å². The smallest absolute Gasteiger partial charge is 0.322 e. The predicted molar refractivity (Wildman–Crippen MR) is 111 cm³/mol. The number of rotatable bonds is 5. The molecule has 3 heterocycles. The highest BCUT2D eigenvalue weighted by atomic mass is 32.2. The van der Waals surface area contributed by atoms with Crippen molar-refractivity contribution in [3.8, 4) is 11.3 Å². The molecule has 9 heteroatoms. The van der Waals surface area contributed by atoms with Crippen LogP contribution in [0.25, 0.3) is 22.3 Å². The second-order valence-electron chi connectivity index (χ2n) is 7.75. The molecule has 1 aliphatic carbocycles. The number of benzene rings is 1. The molecule has 5 rings (SSSR count). The first-order valence-corrected chi connectivity index (χ1v) is 10.9. The van der Waals surface area contributed by atoms with Crippen LogP contribution >= 0.6 is 0 Å². The number of carbonyl (C=O) groups excluding carboxylic acids is 2. The van der Waals surface area contributed by atoms with Crippen molar-refractivity contribution in [1.82, 2.24) is 20.3 Å². The molecule has 1 aromatic carbocycles. The van der Waals surface area contributed by atoms with Crippen LogP contribution in [0.1, 0.15) is 19.3 Å². The van der Waals surface area contributed by atoms with Crippen LogP contribution in [0.15, 0.2) is 58.1 Å². The number of hydrogen-bond donors (Lipinski definition) is 3. The molecule has 3 amide bonds. The number of furan rings is 1. The Morgan fingerprint density at radius 1 is 1.23 bits per heavy atom. The van der Waals surface area contributed by atoms with Gasteiger partial charge in [0.2, 0.25) is 0 Å². The first-order chi connectivity index (χ1) is 14.5. The summed E-state index contributed by atoms with van der Waals surface area (Å²) in [4.78, 5) is 27.8. The predicted octanol–water partition coefficient (Wildman–Crippen LogP) is 2.49. The summed E-state index contributed by atoms with van der Waals surface area (Å²) in [6.45, 7) is 0.477. The lowest BCUT2D eigenvalue weighted by atomic mass is 9.96. The molecule has 3 atom stereocenters. The molecule has 3 aromatic rings. The molecule has 30 heavy (non-hydrogen) atoms. The van der Waals surface area contributed by atoms with Gasteiger partial charge >= 0.3 is 6.03 Å². The highest BCUT2D eigenvalue weighted by Gasteiger charge is 2.50. The first kappa shape index (κ1) is 19.0. The summed E-state index contributed by atoms with van der Waals surface area (Å²) in [5.41, 5.74) is 0.813. The van der Waals surface area contributed by atoms with Crippen molar-refractivity contribution in [2.24, 2.45) is 5.92 Å². The van der Waals surface area contributed by atoms with Crippen LogP contribution in [-0.2, 0) is 15.8 Å². The molecule has 1 saturated carbocycles. The third kappa shape index (κ3) is 3.40. The van der Waals surface area contributed by atoms with E-state index in [0.717, 1.165) is 23.0 Å². The molecule has 8 nitrogen and oxygen atoms in total. The van der Waals surface area contributed by atoms with Crippen molar-refractivity contribution in [1.29, 1.82) is 0 Å². The second kappa shape index (κ2) is 7.33. The van der Waals surface area contributed by atoms with Gasteiger partial charge in [-0.2, -0.15) is 0 Å². The van der Waals surface area contributed by atoms with E-state index in [1.54, 1.807) is 12.3 Å². The lowest BCUT2D eigenvalue weighted by molar-refractivity contribution is -0.123. The van der Waals surface area contributed by atoms with Crippen LogP contribution in [0.3, 0.4) is 0 Å². The monoisotopic (exact) mass is 424 g/mol. The summed E-state index contributed by atoms with van der Waals surface area (Å²) < 4.78 is 21.4. The second-order valence-corrected chi connectivity index (χ2v) is 8.99. The number of hydrogen-bond acceptors (Lipinski definition) is 5. The normalized spacial score (nSPS) is 24.3. The van der Waals surface area contributed by atoms with Crippen molar-refractivity contribution < 1.29 is 18.2 Å². The molecule has 0 radical (unpaired) electrons. The lowest BCUT2D eigenvalue weighted by Crippen LogP contribution is -2.44. The molecule has 1 saturated heterocycles. The maximum absolute atomic E-state index is 12.6. The van der Waals surface area contributed by atoms with E-state index < -0.39 is 22.6 Å². The van der Waals surface area contributed by atoms with Crippen LogP contribution in [0.2, 0.25) is 0 Å². The van der Waals surface area contributed by atoms with Crippen LogP contribution in [0, 0.1) is 5.92 Å². The fourth-order valence-corrected chi connectivity index (χ4v) is 5.07. The summed E-state index contributed by atoms with van der Waals surface area (Å²) in [5.74, 6) is 0.592. The van der Waals surface area contributed by atoms with Crippen LogP contribution in [0.4, 0.5) is 4.79 Å². The molecule has 2 aliphatic rings. The van der Waals surface area contributed by atoms with Gasteiger partial charge in [-0.25, -0.2) is 18.7 Å². The van der Waals surface area contributed by atoms with Crippen LogP contribution in [-0.4, -0.2) is 33.2 Å². The quantitative estimate of drug-likeness (QED) is 0.545. The molecular formula is C21H20N4O4S. The van der Waals surface area contributed by atoms with E-state index in [1.165, 1.54) is 0 Å². The number of carbonyl (C=O) groups is 2. The van der Waals surface area contributed by atoms with Gasteiger partial charge in [-0.05, 0) is 49.4 Å². The molecule has 3 unspecified atom stereocenters. The standard InChI is InChI=1S/C21H20N4O4S/c26-19-21(25-20(27)24-19)8-7-13(10-21)11-23-30(28)18-6-5-15(12-22-18)17-9-14-3-1-2-4-16(14)29-17/h1-6,9,12-13,23H,7-8,10-11H2,(H2,24,25,26,27). The molecule has 1 spiro atoms. The minimum atomic E-state index is -1.47. The fourth-order valence-electron chi connectivity index (χ4n) is 4.20. The zero-order valence-corrected chi connectivity index (χ0v) is 16.8. The number of pyridine rings is 1. The van der Waals surface area contributed by atoms with E-state index in [9.17, 15) is 13.8 Å². The molecule has 3 N–H and O–H groups in total. The first-order valence-electron chi connectivity index (χ1n) is 9.76. The van der Waals surface area contributed by atoms with Crippen LogP contribution < -0.4 is 15.4 Å². The number of amides is 3. The molecule has 2 fully saturated rings. The average molecular weight is 424 g/mol. The van der Waals surface area contributed by atoms with Gasteiger partial charge in [0.25, 0.3) is 5.91 Å². The Labute approximate surface area is 175 Å². The van der Waals surface area contributed by atoms with Gasteiger partial charge in [-0.3, -0.25) is 10.1 Å². The number of para-hydroxylation sites is 1. The Morgan fingerprint density at radius 2 is 2.10 bits per heavy atom. The van der Waals surface area contributed by atoms with Crippen molar-refractivity contribution in [2.75, 3.05) is 6.54 Å². The average Bonchev–Trinajstić information content (AvgIpc) is 3.43. The van der Waals surface area contributed by atoms with E-state index in [2.05, 4.69) is 20.3 Å². The van der Waals surface area contributed by atoms with Gasteiger partial charge in [-0.1, -0.05) is 18.2 Å². The molecular weight excluding hydrogens is 404 g/mol. The topological polar surface area (TPSA) is 113 Å². The zero-order valence-electron chi connectivity index (χ0n) is 16.0. The minimum absolute atomic E-state index is 0.146. The van der Waals surface area contributed by atoms with Gasteiger partial charge in [0.15, 0.2) is 0 Å². The number of nitrogens with zero attached hydrogens (tertiary/aromatic N) is 1. The Hall–Kier alpha value is -3.04. The molecule has 2 aromatic heterocycles. The largest absolute Gasteiger partial charge is 0.456 e. The van der Waals surface area contributed by atoms with Gasteiger partial charge in [0, 0.05) is 23.7 Å². The minimum Gasteiger partial charge on any atom is -0.456 e. The fraction of sp³-hybridized carbons (Fsp3) is 0.286. The molecule has 0 bridgehead atoms. The van der Waals surface area contributed by atoms with Crippen molar-refractivity contribution in [3.63, 3.8) is 0 Å². The summed E-state index contributed by atoms with van der Waals surface area (Å²) in [7, 11) is -1.47. The van der Waals surface area contributed by atoms with Crippen LogP contribution in [0.5, 0.6) is 0 Å². The van der Waals surface area contributed by atoms with Gasteiger partial charge in [0.05, 0.1) is 0 Å². The SMILES string of the molecule is O=C1NC(=O)C2(CCC(CNS(=O)c3ccc(-c4cc5ccccc5o4)cn3)C2)N1. The van der Waals surface area contributed by atoms with E-state index in [4.69, 9.17) is 4.42 Å². The van der Waals surface area contributed by atoms with Crippen molar-refractivity contribution in [2.45, 2.75) is 29.8 Å². The van der Waals surface area contributed by atoms with E-state index in [1.807, 2.05) is 36.4 Å². The van der Waals surface area contributed by atoms with E-state index >= 15 is 0 Å². The highest BCUT2D eigenvalue weighted by Crippen LogP contribution is 2.36. The highest BCUT2D eigenvalue weighted by molar-refractivity contribution is 7.83. The Kier molecular flexibility index (Phi) is 4.63. The van der Waals surface area contributed by atoms with E-state index in [0.29, 0.717) is 30.2 Å². The maximum Gasteiger partial charge on any atom is 0.322 e. The molecule has 154 valence electrons. The molecule has 1 aliphatic heterocycles. The number of aromatic nitrogens is 1. The third-order valence-corrected chi connectivity index (χ3v) is 6.82. The van der Waals surface area contributed by atoms with Gasteiger partial charge in [0.1, 0.15) is 32.9 Å². The lowest BCUT2D eigenvalue weighted by Gasteiger charge is -2.19. The number of imide groups is 1. The maximum atomic E-state index is 12.6. The summed E-state index contributed by atoms with van der Waals surface area (Å²) in [6.07, 6.45) is 3.55. The number of nitrogens with one attached hydrogen (secondary N) is 3. The summed E-state index contributed by atoms with van der Waals surface area (Å²) in [6, 6.07) is 12.8. The van der Waals surface area contributed by atoms with Gasteiger partial charge in [-0.15, -0.1) is 0 Å². The Balaban J connectivity index is 1.21. The Morgan fingerprint density at radius 3 is 2.83 bits per heavy atom. The van der Waals surface area contributed by atoms with Crippen molar-refractivity contribution in [3.05, 3.63) is 48.7 Å². The summed E-state index contributed by atoms with van der Waals surface area (Å²) in [5, 5.41) is 6.48. The number of fused-ring (bicyclic) bond motifs is 1.